The van der Waals surface area contributed by atoms with E-state index in [0.717, 1.165) is 6.41 Å². The van der Waals surface area contributed by atoms with Crippen LogP contribution in [0.25, 0.3) is 0 Å². The summed E-state index contributed by atoms with van der Waals surface area (Å²) in [5, 5.41) is 8.63. The third kappa shape index (κ3) is 1.29. The van der Waals surface area contributed by atoms with Crippen LogP contribution in [-0.2, 0) is 4.79 Å². The molecule has 1 aliphatic carbocycles. The largest absolute Gasteiger partial charge is 0.326 e. The van der Waals surface area contributed by atoms with Crippen LogP contribution in [0.2, 0.25) is 0 Å². The fourth-order valence-electron chi connectivity index (χ4n) is 1.67. The van der Waals surface area contributed by atoms with Gasteiger partial charge in [-0.1, -0.05) is 13.8 Å². The minimum absolute atomic E-state index is 0.289. The van der Waals surface area contributed by atoms with Gasteiger partial charge < -0.3 is 4.90 Å². The fourth-order valence-corrected chi connectivity index (χ4v) is 1.67. The number of carbonyl (C=O) groups is 1. The van der Waals surface area contributed by atoms with Gasteiger partial charge in [0.1, 0.15) is 6.04 Å². The normalized spacial score (nSPS) is 35.0. The Morgan fingerprint density at radius 1 is 1.50 bits per heavy atom. The molecule has 3 atom stereocenters. The van der Waals surface area contributed by atoms with Crippen molar-refractivity contribution >= 4 is 6.41 Å². The molecule has 0 aromatic carbocycles. The second kappa shape index (κ2) is 3.14. The predicted molar refractivity (Wildman–Crippen MR) is 45.1 cm³/mol. The Labute approximate surface area is 73.0 Å². The molecule has 0 bridgehead atoms. The van der Waals surface area contributed by atoms with Crippen LogP contribution in [0.15, 0.2) is 0 Å². The molecular formula is C9H14N2O. The van der Waals surface area contributed by atoms with Gasteiger partial charge in [0, 0.05) is 6.04 Å². The minimum atomic E-state index is -0.292. The topological polar surface area (TPSA) is 44.1 Å². The first-order chi connectivity index (χ1) is 5.63. The lowest BCUT2D eigenvalue weighted by atomic mass is 10.3. The smallest absolute Gasteiger partial charge is 0.211 e. The van der Waals surface area contributed by atoms with Crippen LogP contribution >= 0.6 is 0 Å². The zero-order chi connectivity index (χ0) is 9.30. The van der Waals surface area contributed by atoms with Gasteiger partial charge in [-0.05, 0) is 18.8 Å². The molecular weight excluding hydrogens is 152 g/mol. The predicted octanol–water partition coefficient (Wildman–Crippen LogP) is 1.01. The number of hydrogen-bond acceptors (Lipinski definition) is 2. The highest BCUT2D eigenvalue weighted by molar-refractivity contribution is 5.50. The number of hydrogen-bond donors (Lipinski definition) is 0. The van der Waals surface area contributed by atoms with Gasteiger partial charge in [-0.2, -0.15) is 5.26 Å². The molecule has 0 radical (unpaired) electrons. The third-order valence-electron chi connectivity index (χ3n) is 2.87. The van der Waals surface area contributed by atoms with Gasteiger partial charge in [-0.25, -0.2) is 0 Å². The highest BCUT2D eigenvalue weighted by Gasteiger charge is 2.47. The maximum atomic E-state index is 10.7. The molecule has 1 amide bonds. The van der Waals surface area contributed by atoms with Crippen molar-refractivity contribution in [2.24, 2.45) is 11.8 Å². The van der Waals surface area contributed by atoms with Gasteiger partial charge in [0.2, 0.25) is 6.41 Å². The first-order valence-electron chi connectivity index (χ1n) is 4.25. The summed E-state index contributed by atoms with van der Waals surface area (Å²) in [7, 11) is 0. The maximum Gasteiger partial charge on any atom is 0.211 e. The molecule has 1 rings (SSSR count). The number of nitriles is 1. The summed E-state index contributed by atoms with van der Waals surface area (Å²) < 4.78 is 0. The Bertz CT molecular complexity index is 213. The lowest BCUT2D eigenvalue weighted by Crippen LogP contribution is -2.34. The molecule has 3 nitrogen and oxygen atoms in total. The van der Waals surface area contributed by atoms with E-state index in [0.29, 0.717) is 11.8 Å². The standard InChI is InChI=1S/C9H14N2O/c1-6(4-10)11(5-12)9-7(2)8(9)3/h5-9H,1-3H3. The third-order valence-corrected chi connectivity index (χ3v) is 2.87. The van der Waals surface area contributed by atoms with Gasteiger partial charge in [-0.15, -0.1) is 0 Å². The van der Waals surface area contributed by atoms with E-state index < -0.39 is 0 Å². The molecule has 0 aliphatic heterocycles. The molecule has 66 valence electrons. The summed E-state index contributed by atoms with van der Waals surface area (Å²) in [4.78, 5) is 12.3. The summed E-state index contributed by atoms with van der Waals surface area (Å²) in [5.74, 6) is 1.09. The first-order valence-corrected chi connectivity index (χ1v) is 4.25. The van der Waals surface area contributed by atoms with Crippen molar-refractivity contribution in [2.75, 3.05) is 0 Å². The SMILES string of the molecule is CC1C(C)C1N(C=O)C(C)C#N. The van der Waals surface area contributed by atoms with Crippen molar-refractivity contribution in [3.63, 3.8) is 0 Å². The Morgan fingerprint density at radius 3 is 2.25 bits per heavy atom. The summed E-state index contributed by atoms with van der Waals surface area (Å²) in [6.45, 7) is 5.97. The van der Waals surface area contributed by atoms with Crippen molar-refractivity contribution in [1.29, 1.82) is 5.26 Å². The average Bonchev–Trinajstić information content (AvgIpc) is 2.63. The van der Waals surface area contributed by atoms with Gasteiger partial charge in [-0.3, -0.25) is 4.79 Å². The van der Waals surface area contributed by atoms with Gasteiger partial charge in [0.05, 0.1) is 6.07 Å². The van der Waals surface area contributed by atoms with Crippen LogP contribution < -0.4 is 0 Å². The van der Waals surface area contributed by atoms with E-state index in [9.17, 15) is 4.79 Å². The summed E-state index contributed by atoms with van der Waals surface area (Å²) in [6.07, 6.45) is 0.790. The van der Waals surface area contributed by atoms with Crippen LogP contribution in [0.1, 0.15) is 20.8 Å². The molecule has 0 heterocycles. The molecule has 1 fully saturated rings. The van der Waals surface area contributed by atoms with Crippen molar-refractivity contribution in [3.05, 3.63) is 0 Å². The average molecular weight is 166 g/mol. The Morgan fingerprint density at radius 2 is 2.00 bits per heavy atom. The van der Waals surface area contributed by atoms with E-state index >= 15 is 0 Å². The van der Waals surface area contributed by atoms with E-state index in [1.54, 1.807) is 11.8 Å². The highest BCUT2D eigenvalue weighted by Crippen LogP contribution is 2.42. The van der Waals surface area contributed by atoms with Gasteiger partial charge in [0.25, 0.3) is 0 Å². The molecule has 3 heteroatoms. The zero-order valence-corrected chi connectivity index (χ0v) is 7.69. The van der Waals surface area contributed by atoms with Gasteiger partial charge in [0.15, 0.2) is 0 Å². The Kier molecular flexibility index (Phi) is 2.37. The molecule has 0 N–H and O–H groups in total. The van der Waals surface area contributed by atoms with Crippen molar-refractivity contribution < 1.29 is 4.79 Å². The van der Waals surface area contributed by atoms with Crippen LogP contribution in [0, 0.1) is 23.2 Å². The van der Waals surface area contributed by atoms with Crippen molar-refractivity contribution in [3.8, 4) is 6.07 Å². The monoisotopic (exact) mass is 166 g/mol. The number of rotatable bonds is 3. The molecule has 1 saturated carbocycles. The quantitative estimate of drug-likeness (QED) is 0.587. The van der Waals surface area contributed by atoms with Crippen LogP contribution in [-0.4, -0.2) is 23.4 Å². The fraction of sp³-hybridized carbons (Fsp3) is 0.778. The Balaban J connectivity index is 2.60. The number of amides is 1. The zero-order valence-electron chi connectivity index (χ0n) is 7.69. The second-order valence-electron chi connectivity index (χ2n) is 3.57. The molecule has 0 aromatic heterocycles. The van der Waals surface area contributed by atoms with Crippen LogP contribution in [0.5, 0.6) is 0 Å². The summed E-state index contributed by atoms with van der Waals surface area (Å²) in [6, 6.07) is 2.07. The lowest BCUT2D eigenvalue weighted by molar-refractivity contribution is -0.119. The van der Waals surface area contributed by atoms with E-state index in [4.69, 9.17) is 5.26 Å². The van der Waals surface area contributed by atoms with Crippen molar-refractivity contribution in [1.82, 2.24) is 4.90 Å². The molecule has 3 unspecified atom stereocenters. The lowest BCUT2D eigenvalue weighted by Gasteiger charge is -2.19. The van der Waals surface area contributed by atoms with E-state index in [1.807, 2.05) is 0 Å². The second-order valence-corrected chi connectivity index (χ2v) is 3.57. The van der Waals surface area contributed by atoms with E-state index in [-0.39, 0.29) is 12.1 Å². The van der Waals surface area contributed by atoms with E-state index in [2.05, 4.69) is 19.9 Å². The number of carbonyl (C=O) groups excluding carboxylic acids is 1. The maximum absolute atomic E-state index is 10.7. The molecule has 12 heavy (non-hydrogen) atoms. The molecule has 1 aliphatic rings. The van der Waals surface area contributed by atoms with Crippen LogP contribution in [0.4, 0.5) is 0 Å². The van der Waals surface area contributed by atoms with Gasteiger partial charge >= 0.3 is 0 Å². The van der Waals surface area contributed by atoms with E-state index in [1.165, 1.54) is 0 Å². The molecule has 0 aromatic rings. The highest BCUT2D eigenvalue weighted by atomic mass is 16.1. The molecule has 0 saturated heterocycles. The Hall–Kier alpha value is -1.04. The molecule has 0 spiro atoms. The summed E-state index contributed by atoms with van der Waals surface area (Å²) >= 11 is 0. The minimum Gasteiger partial charge on any atom is -0.326 e. The first kappa shape index (κ1) is 9.05. The van der Waals surface area contributed by atoms with Crippen LogP contribution in [0.3, 0.4) is 0 Å². The van der Waals surface area contributed by atoms with Crippen molar-refractivity contribution in [2.45, 2.75) is 32.9 Å². The summed E-state index contributed by atoms with van der Waals surface area (Å²) in [5.41, 5.74) is 0. The number of nitrogens with zero attached hydrogens (tertiary/aromatic N) is 2.